The van der Waals surface area contributed by atoms with Gasteiger partial charge in [0.25, 0.3) is 0 Å². The first-order valence-electron chi connectivity index (χ1n) is 11.2. The van der Waals surface area contributed by atoms with Crippen molar-refractivity contribution in [2.45, 2.75) is 25.9 Å². The van der Waals surface area contributed by atoms with Crippen molar-refractivity contribution in [1.82, 2.24) is 0 Å². The Morgan fingerprint density at radius 3 is 2.40 bits per heavy atom. The van der Waals surface area contributed by atoms with Crippen LogP contribution < -0.4 is 10.6 Å². The Balaban J connectivity index is 1.93. The minimum Gasteiger partial charge on any atom is -0.462 e. The van der Waals surface area contributed by atoms with Crippen LogP contribution in [0, 0.1) is 0 Å². The number of carbonyl (C=O) groups is 3. The number of benzene rings is 2. The number of ether oxygens (including phenoxy) is 3. The summed E-state index contributed by atoms with van der Waals surface area (Å²) in [6, 6.07) is 16.0. The normalized spacial score (nSPS) is 18.9. The van der Waals surface area contributed by atoms with E-state index in [0.717, 1.165) is 5.56 Å². The van der Waals surface area contributed by atoms with E-state index in [0.29, 0.717) is 11.3 Å². The van der Waals surface area contributed by atoms with Crippen LogP contribution in [0.25, 0.3) is 0 Å². The molecule has 8 nitrogen and oxygen atoms in total. The first-order chi connectivity index (χ1) is 16.9. The lowest BCUT2D eigenvalue weighted by Gasteiger charge is -2.36. The predicted molar refractivity (Wildman–Crippen MR) is 129 cm³/mol. The van der Waals surface area contributed by atoms with Crippen molar-refractivity contribution < 1.29 is 28.6 Å². The van der Waals surface area contributed by atoms with E-state index in [2.05, 4.69) is 6.58 Å². The molecular weight excluding hydrogens is 448 g/mol. The summed E-state index contributed by atoms with van der Waals surface area (Å²) in [5.74, 6) is -2.43. The van der Waals surface area contributed by atoms with Gasteiger partial charge in [-0.15, -0.1) is 6.58 Å². The topological polar surface area (TPSA) is 108 Å². The molecule has 0 aliphatic carbocycles. The van der Waals surface area contributed by atoms with Gasteiger partial charge in [-0.3, -0.25) is 4.79 Å². The number of para-hydroxylation sites is 1. The summed E-state index contributed by atoms with van der Waals surface area (Å²) >= 11 is 0. The maximum atomic E-state index is 14.2. The van der Waals surface area contributed by atoms with Crippen LogP contribution in [0.1, 0.15) is 25.0 Å². The molecule has 2 heterocycles. The van der Waals surface area contributed by atoms with Gasteiger partial charge in [-0.05, 0) is 25.5 Å². The lowest BCUT2D eigenvalue weighted by molar-refractivity contribution is -0.144. The van der Waals surface area contributed by atoms with E-state index in [-0.39, 0.29) is 42.5 Å². The highest BCUT2D eigenvalue weighted by Crippen LogP contribution is 2.54. The summed E-state index contributed by atoms with van der Waals surface area (Å²) in [6.45, 7) is 7.05. The summed E-state index contributed by atoms with van der Waals surface area (Å²) in [7, 11) is 0. The van der Waals surface area contributed by atoms with E-state index in [9.17, 15) is 14.4 Å². The lowest BCUT2D eigenvalue weighted by atomic mass is 9.67. The molecule has 1 spiro atoms. The fraction of sp³-hybridized carbons (Fsp3) is 0.222. The van der Waals surface area contributed by atoms with Gasteiger partial charge in [0.15, 0.2) is 0 Å². The van der Waals surface area contributed by atoms with Crippen molar-refractivity contribution in [3.8, 4) is 0 Å². The van der Waals surface area contributed by atoms with Crippen LogP contribution in [0.2, 0.25) is 0 Å². The molecule has 0 aromatic heterocycles. The molecule has 1 atom stereocenters. The minimum absolute atomic E-state index is 0.0350. The van der Waals surface area contributed by atoms with Gasteiger partial charge in [-0.2, -0.15) is 0 Å². The van der Waals surface area contributed by atoms with Crippen molar-refractivity contribution in [2.24, 2.45) is 5.73 Å². The fourth-order valence-corrected chi connectivity index (χ4v) is 4.64. The fourth-order valence-electron chi connectivity index (χ4n) is 4.64. The third-order valence-electron chi connectivity index (χ3n) is 5.98. The van der Waals surface area contributed by atoms with Gasteiger partial charge >= 0.3 is 11.9 Å². The number of allylic oxidation sites excluding steroid dienone is 1. The smallest absolute Gasteiger partial charge is 0.341 e. The highest BCUT2D eigenvalue weighted by Gasteiger charge is 2.63. The summed E-state index contributed by atoms with van der Waals surface area (Å²) in [4.78, 5) is 42.5. The Bertz CT molecular complexity index is 1260. The average molecular weight is 475 g/mol. The molecule has 2 aromatic carbocycles. The van der Waals surface area contributed by atoms with Gasteiger partial charge in [0.05, 0.1) is 6.61 Å². The SMILES string of the molecule is C=CCN1C(=O)[C@@]2(C(C(=O)OCc3ccccc3)=C(C)OC(N)=C2C(=O)OCC)c2ccccc21. The molecule has 0 saturated carbocycles. The van der Waals surface area contributed by atoms with Crippen molar-refractivity contribution in [3.63, 3.8) is 0 Å². The standard InChI is InChI=1S/C27H26N2O6/c1-4-15-29-20-14-10-9-13-19(20)27(26(29)32)21(24(30)34-16-18-11-7-6-8-12-18)17(3)35-23(28)22(27)25(31)33-5-2/h4,6-14H,1,5,15-16,28H2,2-3H3/t27-/m1/s1. The number of fused-ring (bicyclic) bond motifs is 2. The van der Waals surface area contributed by atoms with E-state index in [1.54, 1.807) is 37.3 Å². The number of hydrogen-bond donors (Lipinski definition) is 1. The molecule has 0 radical (unpaired) electrons. The van der Waals surface area contributed by atoms with E-state index in [4.69, 9.17) is 19.9 Å². The third kappa shape index (κ3) is 3.77. The number of carbonyl (C=O) groups excluding carboxylic acids is 3. The molecule has 2 aliphatic heterocycles. The van der Waals surface area contributed by atoms with Gasteiger partial charge < -0.3 is 24.8 Å². The quantitative estimate of drug-likeness (QED) is 0.485. The number of nitrogens with two attached hydrogens (primary N) is 1. The van der Waals surface area contributed by atoms with Crippen LogP contribution in [0.3, 0.4) is 0 Å². The molecule has 0 unspecified atom stereocenters. The summed E-state index contributed by atoms with van der Waals surface area (Å²) in [5, 5.41) is 0. The maximum Gasteiger partial charge on any atom is 0.341 e. The van der Waals surface area contributed by atoms with Crippen LogP contribution in [-0.4, -0.2) is 31.0 Å². The molecule has 2 aromatic rings. The zero-order chi connectivity index (χ0) is 25.2. The Morgan fingerprint density at radius 1 is 1.06 bits per heavy atom. The largest absolute Gasteiger partial charge is 0.462 e. The van der Waals surface area contributed by atoms with E-state index < -0.39 is 23.3 Å². The lowest BCUT2D eigenvalue weighted by Crippen LogP contribution is -2.50. The Morgan fingerprint density at radius 2 is 1.71 bits per heavy atom. The number of hydrogen-bond acceptors (Lipinski definition) is 7. The number of amides is 1. The molecule has 2 aliphatic rings. The molecule has 0 saturated heterocycles. The van der Waals surface area contributed by atoms with Gasteiger partial charge in [-0.1, -0.05) is 54.6 Å². The number of esters is 2. The van der Waals surface area contributed by atoms with Crippen LogP contribution in [0.15, 0.2) is 90.0 Å². The average Bonchev–Trinajstić information content (AvgIpc) is 3.07. The minimum atomic E-state index is -1.90. The van der Waals surface area contributed by atoms with Crippen molar-refractivity contribution in [3.05, 3.63) is 101 Å². The van der Waals surface area contributed by atoms with E-state index in [1.165, 1.54) is 11.8 Å². The second-order valence-electron chi connectivity index (χ2n) is 8.03. The Labute approximate surface area is 203 Å². The Hall–Kier alpha value is -4.33. The second kappa shape index (κ2) is 9.50. The zero-order valence-electron chi connectivity index (χ0n) is 19.6. The summed E-state index contributed by atoms with van der Waals surface area (Å²) in [5.41, 5.74) is 5.63. The molecule has 180 valence electrons. The molecule has 1 amide bonds. The molecule has 0 bridgehead atoms. The maximum absolute atomic E-state index is 14.2. The van der Waals surface area contributed by atoms with E-state index >= 15 is 0 Å². The zero-order valence-corrected chi connectivity index (χ0v) is 19.6. The molecular formula is C27H26N2O6. The monoisotopic (exact) mass is 474 g/mol. The number of rotatable bonds is 7. The van der Waals surface area contributed by atoms with Crippen molar-refractivity contribution in [2.75, 3.05) is 18.1 Å². The number of anilines is 1. The molecule has 35 heavy (non-hydrogen) atoms. The Kier molecular flexibility index (Phi) is 6.46. The van der Waals surface area contributed by atoms with Crippen molar-refractivity contribution >= 4 is 23.5 Å². The van der Waals surface area contributed by atoms with Gasteiger partial charge in [0.1, 0.15) is 28.9 Å². The van der Waals surface area contributed by atoms with Crippen LogP contribution in [0.5, 0.6) is 0 Å². The summed E-state index contributed by atoms with van der Waals surface area (Å²) < 4.78 is 16.5. The second-order valence-corrected chi connectivity index (χ2v) is 8.03. The van der Waals surface area contributed by atoms with Crippen molar-refractivity contribution in [1.29, 1.82) is 0 Å². The summed E-state index contributed by atoms with van der Waals surface area (Å²) in [6.07, 6.45) is 1.56. The molecule has 0 fully saturated rings. The van der Waals surface area contributed by atoms with Crippen LogP contribution in [0.4, 0.5) is 5.69 Å². The van der Waals surface area contributed by atoms with Gasteiger partial charge in [0.2, 0.25) is 11.8 Å². The van der Waals surface area contributed by atoms with Crippen LogP contribution in [-0.2, 0) is 40.6 Å². The first kappa shape index (κ1) is 23.8. The third-order valence-corrected chi connectivity index (χ3v) is 5.98. The van der Waals surface area contributed by atoms with Gasteiger partial charge in [-0.25, -0.2) is 9.59 Å². The molecule has 4 rings (SSSR count). The van der Waals surface area contributed by atoms with E-state index in [1.807, 2.05) is 30.3 Å². The highest BCUT2D eigenvalue weighted by molar-refractivity contribution is 6.22. The molecule has 8 heteroatoms. The van der Waals surface area contributed by atoms with Crippen LogP contribution >= 0.6 is 0 Å². The number of nitrogens with zero attached hydrogens (tertiary/aromatic N) is 1. The highest BCUT2D eigenvalue weighted by atomic mass is 16.5. The predicted octanol–water partition coefficient (Wildman–Crippen LogP) is 3.24. The molecule has 2 N–H and O–H groups in total. The van der Waals surface area contributed by atoms with Gasteiger partial charge in [0, 0.05) is 17.8 Å². The first-order valence-corrected chi connectivity index (χ1v) is 11.2.